The topological polar surface area (TPSA) is 62.7 Å². The predicted octanol–water partition coefficient (Wildman–Crippen LogP) is 4.80. The fraction of sp³-hybridized carbons (Fsp3) is 0.167. The van der Waals surface area contributed by atoms with Crippen molar-refractivity contribution in [2.24, 2.45) is 0 Å². The van der Waals surface area contributed by atoms with Gasteiger partial charge in [0.25, 0.3) is 0 Å². The van der Waals surface area contributed by atoms with Crippen molar-refractivity contribution in [3.05, 3.63) is 54.5 Å². The van der Waals surface area contributed by atoms with Gasteiger partial charge in [0.2, 0.25) is 0 Å². The normalized spacial score (nSPS) is 12.0. The minimum Gasteiger partial charge on any atom is -0.380 e. The van der Waals surface area contributed by atoms with E-state index in [9.17, 15) is 0 Å². The molecule has 4 rings (SSSR count). The Morgan fingerprint density at radius 2 is 2.04 bits per heavy atom. The van der Waals surface area contributed by atoms with Crippen molar-refractivity contribution in [1.82, 2.24) is 15.0 Å². The third-order valence-corrected chi connectivity index (χ3v) is 5.59. The second-order valence-corrected chi connectivity index (χ2v) is 7.75. The van der Waals surface area contributed by atoms with Gasteiger partial charge in [-0.05, 0) is 35.6 Å². The Bertz CT molecular complexity index is 883. The van der Waals surface area contributed by atoms with E-state index in [1.54, 1.807) is 35.9 Å². The van der Waals surface area contributed by atoms with Gasteiger partial charge < -0.3 is 10.6 Å². The summed E-state index contributed by atoms with van der Waals surface area (Å²) in [4.78, 5) is 14.3. The summed E-state index contributed by atoms with van der Waals surface area (Å²) in [6.45, 7) is 2.87. The SMILES string of the molecule is CCSc1ccc(NCc2ccc3c(c2)Nc2nccnc2S3)cn1. The number of nitrogens with one attached hydrogen (secondary N) is 2. The third-order valence-electron chi connectivity index (χ3n) is 3.69. The van der Waals surface area contributed by atoms with E-state index in [1.165, 1.54) is 10.5 Å². The van der Waals surface area contributed by atoms with Gasteiger partial charge in [0, 0.05) is 23.8 Å². The van der Waals surface area contributed by atoms with Crippen LogP contribution in [0.1, 0.15) is 12.5 Å². The molecular formula is C18H17N5S2. The van der Waals surface area contributed by atoms with E-state index in [1.807, 2.05) is 6.20 Å². The van der Waals surface area contributed by atoms with Crippen LogP contribution in [0.2, 0.25) is 0 Å². The zero-order valence-electron chi connectivity index (χ0n) is 13.7. The van der Waals surface area contributed by atoms with Crippen molar-refractivity contribution in [2.75, 3.05) is 16.4 Å². The highest BCUT2D eigenvalue weighted by Gasteiger charge is 2.17. The predicted molar refractivity (Wildman–Crippen MR) is 104 cm³/mol. The molecule has 0 radical (unpaired) electrons. The van der Waals surface area contributed by atoms with Gasteiger partial charge in [-0.25, -0.2) is 15.0 Å². The Labute approximate surface area is 155 Å². The number of rotatable bonds is 5. The molecular weight excluding hydrogens is 350 g/mol. The molecule has 2 aromatic heterocycles. The monoisotopic (exact) mass is 367 g/mol. The van der Waals surface area contributed by atoms with Gasteiger partial charge in [-0.15, -0.1) is 11.8 Å². The molecule has 0 aliphatic carbocycles. The van der Waals surface area contributed by atoms with Crippen LogP contribution in [0.5, 0.6) is 0 Å². The largest absolute Gasteiger partial charge is 0.380 e. The number of benzene rings is 1. The van der Waals surface area contributed by atoms with Crippen LogP contribution in [-0.4, -0.2) is 20.7 Å². The molecule has 25 heavy (non-hydrogen) atoms. The zero-order chi connectivity index (χ0) is 17.1. The average Bonchev–Trinajstić information content (AvgIpc) is 2.66. The molecule has 126 valence electrons. The summed E-state index contributed by atoms with van der Waals surface area (Å²) in [7, 11) is 0. The Hall–Kier alpha value is -2.25. The summed E-state index contributed by atoms with van der Waals surface area (Å²) in [5.41, 5.74) is 3.30. The molecule has 7 heteroatoms. The summed E-state index contributed by atoms with van der Waals surface area (Å²) in [6, 6.07) is 10.5. The van der Waals surface area contributed by atoms with Crippen molar-refractivity contribution < 1.29 is 0 Å². The summed E-state index contributed by atoms with van der Waals surface area (Å²) >= 11 is 3.39. The Balaban J connectivity index is 1.44. The smallest absolute Gasteiger partial charge is 0.163 e. The van der Waals surface area contributed by atoms with E-state index in [0.717, 1.165) is 39.5 Å². The Morgan fingerprint density at radius 1 is 1.12 bits per heavy atom. The van der Waals surface area contributed by atoms with Crippen molar-refractivity contribution in [2.45, 2.75) is 28.4 Å². The molecule has 5 nitrogen and oxygen atoms in total. The number of nitrogens with zero attached hydrogens (tertiary/aromatic N) is 3. The van der Waals surface area contributed by atoms with Crippen LogP contribution in [0.4, 0.5) is 17.2 Å². The van der Waals surface area contributed by atoms with E-state index >= 15 is 0 Å². The van der Waals surface area contributed by atoms with Crippen LogP contribution in [0, 0.1) is 0 Å². The van der Waals surface area contributed by atoms with E-state index in [-0.39, 0.29) is 0 Å². The summed E-state index contributed by atoms with van der Waals surface area (Å²) < 4.78 is 0. The standard InChI is InChI=1S/C18H17N5S2/c1-2-24-16-6-4-13(11-22-16)21-10-12-3-5-15-14(9-12)23-17-18(25-15)20-8-7-19-17/h3-9,11,21H,2,10H2,1H3,(H,19,23). The lowest BCUT2D eigenvalue weighted by Gasteiger charge is -2.19. The molecule has 3 aromatic rings. The minimum absolute atomic E-state index is 0.745. The molecule has 3 heterocycles. The van der Waals surface area contributed by atoms with Gasteiger partial charge in [0.05, 0.1) is 22.6 Å². The fourth-order valence-electron chi connectivity index (χ4n) is 2.51. The Morgan fingerprint density at radius 3 is 2.88 bits per heavy atom. The first-order valence-corrected chi connectivity index (χ1v) is 9.83. The highest BCUT2D eigenvalue weighted by atomic mass is 32.2. The van der Waals surface area contributed by atoms with Crippen molar-refractivity contribution in [3.63, 3.8) is 0 Å². The lowest BCUT2D eigenvalue weighted by molar-refractivity contribution is 1.04. The molecule has 1 aliphatic heterocycles. The van der Waals surface area contributed by atoms with E-state index in [0.29, 0.717) is 0 Å². The number of anilines is 3. The molecule has 1 aromatic carbocycles. The number of aromatic nitrogens is 3. The van der Waals surface area contributed by atoms with Gasteiger partial charge in [0.15, 0.2) is 5.82 Å². The number of fused-ring (bicyclic) bond motifs is 2. The van der Waals surface area contributed by atoms with Crippen LogP contribution in [-0.2, 0) is 6.54 Å². The maximum Gasteiger partial charge on any atom is 0.163 e. The van der Waals surface area contributed by atoms with Crippen LogP contribution in [0.25, 0.3) is 0 Å². The summed E-state index contributed by atoms with van der Waals surface area (Å²) in [6.07, 6.45) is 5.31. The summed E-state index contributed by atoms with van der Waals surface area (Å²) in [5.74, 6) is 1.85. The Kier molecular flexibility index (Phi) is 4.76. The first-order valence-electron chi connectivity index (χ1n) is 8.03. The first-order chi connectivity index (χ1) is 12.3. The molecule has 0 spiro atoms. The number of pyridine rings is 1. The molecule has 0 atom stereocenters. The van der Waals surface area contributed by atoms with Gasteiger partial charge in [-0.1, -0.05) is 24.8 Å². The summed E-state index contributed by atoms with van der Waals surface area (Å²) in [5, 5.41) is 8.76. The van der Waals surface area contributed by atoms with Crippen LogP contribution in [0.15, 0.2) is 63.9 Å². The van der Waals surface area contributed by atoms with E-state index < -0.39 is 0 Å². The minimum atomic E-state index is 0.745. The van der Waals surface area contributed by atoms with E-state index in [2.05, 4.69) is 62.8 Å². The lowest BCUT2D eigenvalue weighted by atomic mass is 10.2. The van der Waals surface area contributed by atoms with Gasteiger partial charge in [-0.3, -0.25) is 0 Å². The van der Waals surface area contributed by atoms with Crippen LogP contribution in [0.3, 0.4) is 0 Å². The molecule has 0 bridgehead atoms. The van der Waals surface area contributed by atoms with Gasteiger partial charge in [0.1, 0.15) is 5.03 Å². The second-order valence-electron chi connectivity index (χ2n) is 5.44. The number of hydrogen-bond donors (Lipinski definition) is 2. The molecule has 0 amide bonds. The highest BCUT2D eigenvalue weighted by molar-refractivity contribution is 7.99. The second kappa shape index (κ2) is 7.33. The van der Waals surface area contributed by atoms with Crippen molar-refractivity contribution in [1.29, 1.82) is 0 Å². The van der Waals surface area contributed by atoms with Crippen molar-refractivity contribution in [3.8, 4) is 0 Å². The quantitative estimate of drug-likeness (QED) is 0.491. The molecule has 0 saturated heterocycles. The maximum atomic E-state index is 4.45. The number of hydrogen-bond acceptors (Lipinski definition) is 7. The maximum absolute atomic E-state index is 4.45. The van der Waals surface area contributed by atoms with Gasteiger partial charge in [-0.2, -0.15) is 0 Å². The molecule has 2 N–H and O–H groups in total. The molecule has 0 saturated carbocycles. The van der Waals surface area contributed by atoms with Gasteiger partial charge >= 0.3 is 0 Å². The third kappa shape index (κ3) is 3.72. The average molecular weight is 368 g/mol. The highest BCUT2D eigenvalue weighted by Crippen LogP contribution is 2.42. The van der Waals surface area contributed by atoms with Crippen LogP contribution >= 0.6 is 23.5 Å². The molecule has 0 unspecified atom stereocenters. The number of thioether (sulfide) groups is 1. The molecule has 0 fully saturated rings. The zero-order valence-corrected chi connectivity index (χ0v) is 15.3. The van der Waals surface area contributed by atoms with Crippen molar-refractivity contribution >= 4 is 40.7 Å². The lowest BCUT2D eigenvalue weighted by Crippen LogP contribution is -2.05. The van der Waals surface area contributed by atoms with Crippen LogP contribution < -0.4 is 10.6 Å². The fourth-order valence-corrected chi connectivity index (χ4v) is 3.98. The van der Waals surface area contributed by atoms with E-state index in [4.69, 9.17) is 0 Å². The first kappa shape index (κ1) is 16.2. The molecule has 1 aliphatic rings.